The highest BCUT2D eigenvalue weighted by atomic mass is 32.1. The summed E-state index contributed by atoms with van der Waals surface area (Å²) in [5, 5.41) is 12.7. The number of nitrogens with one attached hydrogen (secondary N) is 1. The van der Waals surface area contributed by atoms with Gasteiger partial charge in [-0.1, -0.05) is 41.7 Å². The van der Waals surface area contributed by atoms with E-state index in [-0.39, 0.29) is 18.1 Å². The van der Waals surface area contributed by atoms with Crippen LogP contribution in [0.3, 0.4) is 0 Å². The topological polar surface area (TPSA) is 88.5 Å². The molecule has 2 aliphatic rings. The molecule has 0 spiro atoms. The molecule has 2 aliphatic heterocycles. The number of amides is 1. The van der Waals surface area contributed by atoms with Crippen molar-refractivity contribution in [3.05, 3.63) is 36.0 Å². The van der Waals surface area contributed by atoms with Gasteiger partial charge < -0.3 is 15.2 Å². The molecule has 1 amide bonds. The van der Waals surface area contributed by atoms with Gasteiger partial charge in [-0.25, -0.2) is 4.98 Å². The Bertz CT molecular complexity index is 820. The fraction of sp³-hybridized carbons (Fsp3) is 0.389. The van der Waals surface area contributed by atoms with Crippen LogP contribution < -0.4 is 5.32 Å². The molecule has 2 N–H and O–H groups in total. The number of carboxylic acids is 1. The summed E-state index contributed by atoms with van der Waals surface area (Å²) in [6.45, 7) is 1.90. The van der Waals surface area contributed by atoms with Crippen molar-refractivity contribution in [3.63, 3.8) is 0 Å². The summed E-state index contributed by atoms with van der Waals surface area (Å²) in [4.78, 5) is 29.6. The molecule has 4 atom stereocenters. The summed E-state index contributed by atoms with van der Waals surface area (Å²) in [5.74, 6) is -2.70. The smallest absolute Gasteiger partial charge is 0.310 e. The number of anilines is 1. The van der Waals surface area contributed by atoms with Gasteiger partial charge in [0, 0.05) is 0 Å². The van der Waals surface area contributed by atoms with E-state index in [0.29, 0.717) is 11.6 Å². The SMILES string of the molecule is Cc1nc(NC(=O)[C@H]2[C@@H](C(=O)O)[C@@H]3CC[C@H]2O3)sc1-c1ccccc1. The van der Waals surface area contributed by atoms with Gasteiger partial charge in [0.25, 0.3) is 0 Å². The number of carboxylic acid groups (broad SMARTS) is 1. The van der Waals surface area contributed by atoms with Crippen molar-refractivity contribution in [2.75, 3.05) is 5.32 Å². The van der Waals surface area contributed by atoms with Crippen LogP contribution in [0.1, 0.15) is 18.5 Å². The van der Waals surface area contributed by atoms with Crippen molar-refractivity contribution in [3.8, 4) is 10.4 Å². The maximum atomic E-state index is 12.7. The fourth-order valence-electron chi connectivity index (χ4n) is 3.82. The Morgan fingerprint density at radius 3 is 2.56 bits per heavy atom. The van der Waals surface area contributed by atoms with Gasteiger partial charge in [-0.2, -0.15) is 0 Å². The summed E-state index contributed by atoms with van der Waals surface area (Å²) >= 11 is 1.40. The third-order valence-electron chi connectivity index (χ3n) is 4.92. The molecular formula is C18H18N2O4S. The van der Waals surface area contributed by atoms with E-state index in [0.717, 1.165) is 22.6 Å². The lowest BCUT2D eigenvalue weighted by molar-refractivity contribution is -0.147. The zero-order chi connectivity index (χ0) is 17.6. The molecule has 2 fully saturated rings. The summed E-state index contributed by atoms with van der Waals surface area (Å²) in [7, 11) is 0. The number of thiazole rings is 1. The van der Waals surface area contributed by atoms with Gasteiger partial charge in [-0.3, -0.25) is 9.59 Å². The quantitative estimate of drug-likeness (QED) is 0.877. The van der Waals surface area contributed by atoms with Crippen LogP contribution in [0.4, 0.5) is 5.13 Å². The highest BCUT2D eigenvalue weighted by Gasteiger charge is 2.55. The summed E-state index contributed by atoms with van der Waals surface area (Å²) in [5.41, 5.74) is 1.88. The minimum absolute atomic E-state index is 0.305. The highest BCUT2D eigenvalue weighted by molar-refractivity contribution is 7.19. The Morgan fingerprint density at radius 2 is 1.88 bits per heavy atom. The lowest BCUT2D eigenvalue weighted by Crippen LogP contribution is -2.40. The predicted octanol–water partition coefficient (Wildman–Crippen LogP) is 2.94. The summed E-state index contributed by atoms with van der Waals surface area (Å²) < 4.78 is 5.66. The maximum absolute atomic E-state index is 12.7. The van der Waals surface area contributed by atoms with Gasteiger partial charge in [0.05, 0.1) is 34.6 Å². The van der Waals surface area contributed by atoms with Crippen LogP contribution in [0.25, 0.3) is 10.4 Å². The van der Waals surface area contributed by atoms with Crippen LogP contribution in [0.15, 0.2) is 30.3 Å². The van der Waals surface area contributed by atoms with E-state index in [2.05, 4.69) is 10.3 Å². The first-order chi connectivity index (χ1) is 12.0. The molecule has 0 saturated carbocycles. The molecule has 3 heterocycles. The molecule has 130 valence electrons. The Morgan fingerprint density at radius 1 is 1.20 bits per heavy atom. The molecule has 2 aromatic rings. The maximum Gasteiger partial charge on any atom is 0.310 e. The fourth-order valence-corrected chi connectivity index (χ4v) is 4.80. The Labute approximate surface area is 148 Å². The largest absolute Gasteiger partial charge is 0.481 e. The predicted molar refractivity (Wildman–Crippen MR) is 93.4 cm³/mol. The first-order valence-electron chi connectivity index (χ1n) is 8.26. The van der Waals surface area contributed by atoms with Crippen molar-refractivity contribution in [1.82, 2.24) is 4.98 Å². The molecule has 1 aromatic heterocycles. The van der Waals surface area contributed by atoms with Crippen molar-refractivity contribution >= 4 is 28.3 Å². The second-order valence-corrected chi connectivity index (χ2v) is 7.47. The van der Waals surface area contributed by atoms with Crippen molar-refractivity contribution in [1.29, 1.82) is 0 Å². The van der Waals surface area contributed by atoms with Crippen LogP contribution in [0.2, 0.25) is 0 Å². The summed E-state index contributed by atoms with van der Waals surface area (Å²) in [6, 6.07) is 9.85. The van der Waals surface area contributed by atoms with E-state index < -0.39 is 17.8 Å². The minimum atomic E-state index is -0.965. The average Bonchev–Trinajstić information content (AvgIpc) is 3.29. The molecule has 0 unspecified atom stereocenters. The Balaban J connectivity index is 1.55. The second-order valence-electron chi connectivity index (χ2n) is 6.47. The average molecular weight is 358 g/mol. The number of fused-ring (bicyclic) bond motifs is 2. The lowest BCUT2D eigenvalue weighted by atomic mass is 9.79. The van der Waals surface area contributed by atoms with Crippen molar-refractivity contribution in [2.45, 2.75) is 32.0 Å². The van der Waals surface area contributed by atoms with Gasteiger partial charge in [0.2, 0.25) is 5.91 Å². The monoisotopic (exact) mass is 358 g/mol. The number of aryl methyl sites for hydroxylation is 1. The number of hydrogen-bond donors (Lipinski definition) is 2. The number of ether oxygens (including phenoxy) is 1. The number of benzene rings is 1. The normalized spacial score (nSPS) is 27.4. The highest BCUT2D eigenvalue weighted by Crippen LogP contribution is 2.44. The minimum Gasteiger partial charge on any atom is -0.481 e. The van der Waals surface area contributed by atoms with Gasteiger partial charge in [-0.15, -0.1) is 0 Å². The number of carbonyl (C=O) groups is 2. The van der Waals surface area contributed by atoms with Crippen LogP contribution in [-0.2, 0) is 14.3 Å². The number of nitrogens with zero attached hydrogens (tertiary/aromatic N) is 1. The van der Waals surface area contributed by atoms with E-state index in [4.69, 9.17) is 4.74 Å². The number of aliphatic carboxylic acids is 1. The first-order valence-corrected chi connectivity index (χ1v) is 9.08. The van der Waals surface area contributed by atoms with E-state index in [1.165, 1.54) is 11.3 Å². The zero-order valence-electron chi connectivity index (χ0n) is 13.6. The molecule has 1 aromatic carbocycles. The van der Waals surface area contributed by atoms with E-state index in [1.807, 2.05) is 37.3 Å². The van der Waals surface area contributed by atoms with E-state index >= 15 is 0 Å². The van der Waals surface area contributed by atoms with E-state index in [9.17, 15) is 14.7 Å². The van der Waals surface area contributed by atoms with Gasteiger partial charge >= 0.3 is 5.97 Å². The first kappa shape index (κ1) is 16.2. The standard InChI is InChI=1S/C18H18N2O4S/c1-9-15(10-5-3-2-4-6-10)25-18(19-9)20-16(21)13-11-7-8-12(24-11)14(13)17(22)23/h2-6,11-14H,7-8H2,1H3,(H,22,23)(H,19,20,21)/t11-,12+,13-,14+/m1/s1. The number of hydrogen-bond acceptors (Lipinski definition) is 5. The summed E-state index contributed by atoms with van der Waals surface area (Å²) in [6.07, 6.45) is 0.787. The number of aromatic nitrogens is 1. The molecule has 7 heteroatoms. The van der Waals surface area contributed by atoms with Crippen LogP contribution in [0, 0.1) is 18.8 Å². The van der Waals surface area contributed by atoms with Crippen LogP contribution >= 0.6 is 11.3 Å². The Hall–Kier alpha value is -2.25. The molecular weight excluding hydrogens is 340 g/mol. The number of carbonyl (C=O) groups excluding carboxylic acids is 1. The molecule has 4 rings (SSSR count). The van der Waals surface area contributed by atoms with Crippen molar-refractivity contribution < 1.29 is 19.4 Å². The third kappa shape index (κ3) is 2.83. The van der Waals surface area contributed by atoms with E-state index in [1.54, 1.807) is 0 Å². The van der Waals surface area contributed by atoms with Crippen LogP contribution in [0.5, 0.6) is 0 Å². The van der Waals surface area contributed by atoms with Gasteiger partial charge in [-0.05, 0) is 25.3 Å². The van der Waals surface area contributed by atoms with Gasteiger partial charge in [0.15, 0.2) is 5.13 Å². The van der Waals surface area contributed by atoms with Gasteiger partial charge in [0.1, 0.15) is 0 Å². The molecule has 2 bridgehead atoms. The molecule has 6 nitrogen and oxygen atoms in total. The molecule has 2 saturated heterocycles. The second kappa shape index (κ2) is 6.24. The number of rotatable bonds is 4. The lowest BCUT2D eigenvalue weighted by Gasteiger charge is -2.23. The molecule has 0 radical (unpaired) electrons. The third-order valence-corrected chi connectivity index (χ3v) is 6.05. The molecule has 0 aliphatic carbocycles. The molecule has 25 heavy (non-hydrogen) atoms. The van der Waals surface area contributed by atoms with Crippen molar-refractivity contribution in [2.24, 2.45) is 11.8 Å². The Kier molecular flexibility index (Phi) is 4.05. The zero-order valence-corrected chi connectivity index (χ0v) is 14.5. The van der Waals surface area contributed by atoms with Crippen LogP contribution in [-0.4, -0.2) is 34.2 Å².